The average molecular weight is 373 g/mol. The maximum absolute atomic E-state index is 4.56. The Kier molecular flexibility index (Phi) is 9.25. The molecule has 0 aliphatic carbocycles. The van der Waals surface area contributed by atoms with Gasteiger partial charge in [-0.1, -0.05) is 18.2 Å². The Morgan fingerprint density at radius 3 is 2.54 bits per heavy atom. The van der Waals surface area contributed by atoms with Gasteiger partial charge < -0.3 is 5.32 Å². The van der Waals surface area contributed by atoms with E-state index in [0.717, 1.165) is 57.2 Å². The molecule has 0 radical (unpaired) electrons. The van der Waals surface area contributed by atoms with Crippen molar-refractivity contribution < 1.29 is 0 Å². The first-order chi connectivity index (χ1) is 10.8. The Balaban J connectivity index is 0.00000144. The maximum atomic E-state index is 4.56. The van der Waals surface area contributed by atoms with E-state index in [1.807, 2.05) is 36.5 Å². The molecule has 2 heterocycles. The van der Waals surface area contributed by atoms with Gasteiger partial charge in [-0.25, -0.2) is 0 Å². The topological polar surface area (TPSA) is 49.2 Å². The van der Waals surface area contributed by atoms with Gasteiger partial charge >= 0.3 is 0 Å². The number of para-hydroxylation sites is 1. The quantitative estimate of drug-likeness (QED) is 0.831. The summed E-state index contributed by atoms with van der Waals surface area (Å²) in [6.07, 6.45) is 1.86. The maximum Gasteiger partial charge on any atom is 0.0971 e. The molecule has 134 valence electrons. The molecule has 1 N–H and O–H groups in total. The van der Waals surface area contributed by atoms with Crippen LogP contribution in [0.5, 0.6) is 0 Å². The largest absolute Gasteiger partial charge is 0.314 e. The summed E-state index contributed by atoms with van der Waals surface area (Å²) < 4.78 is 0. The molecule has 1 aromatic heterocycles. The first-order valence-electron chi connectivity index (χ1n) is 7.89. The molecule has 2 aromatic rings. The zero-order valence-corrected chi connectivity index (χ0v) is 15.6. The monoisotopic (exact) mass is 372 g/mol. The lowest BCUT2D eigenvalue weighted by Crippen LogP contribution is -2.45. The molecule has 24 heavy (non-hydrogen) atoms. The number of nitrogens with zero attached hydrogens (tertiary/aromatic N) is 5. The van der Waals surface area contributed by atoms with Gasteiger partial charge in [-0.05, 0) is 19.2 Å². The van der Waals surface area contributed by atoms with Gasteiger partial charge in [0.1, 0.15) is 0 Å². The highest BCUT2D eigenvalue weighted by Crippen LogP contribution is 2.05. The number of hydrogen-bond donors (Lipinski definition) is 1. The van der Waals surface area contributed by atoms with Gasteiger partial charge in [0.15, 0.2) is 0 Å². The summed E-state index contributed by atoms with van der Waals surface area (Å²) in [7, 11) is 2.14. The third-order valence-electron chi connectivity index (χ3n) is 3.97. The van der Waals surface area contributed by atoms with Crippen LogP contribution in [-0.2, 0) is 6.54 Å². The Labute approximate surface area is 156 Å². The van der Waals surface area contributed by atoms with E-state index in [1.54, 1.807) is 4.80 Å². The molecule has 0 bridgehead atoms. The molecule has 1 saturated heterocycles. The van der Waals surface area contributed by atoms with Crippen LogP contribution in [0, 0.1) is 0 Å². The highest BCUT2D eigenvalue weighted by molar-refractivity contribution is 5.85. The van der Waals surface area contributed by atoms with Crippen molar-refractivity contribution in [3.8, 4) is 5.69 Å². The lowest BCUT2D eigenvalue weighted by molar-refractivity contribution is 0.201. The molecule has 0 atom stereocenters. The van der Waals surface area contributed by atoms with E-state index in [0.29, 0.717) is 0 Å². The average Bonchev–Trinajstić information content (AvgIpc) is 3.03. The van der Waals surface area contributed by atoms with Gasteiger partial charge in [-0.3, -0.25) is 9.80 Å². The molecule has 1 aliphatic rings. The molecule has 0 unspecified atom stereocenters. The number of hydrogen-bond acceptors (Lipinski definition) is 5. The van der Waals surface area contributed by atoms with Gasteiger partial charge in [0.05, 0.1) is 17.6 Å². The predicted octanol–water partition coefficient (Wildman–Crippen LogP) is 1.45. The second-order valence-electron chi connectivity index (χ2n) is 5.79. The number of halogens is 2. The molecule has 3 rings (SSSR count). The second-order valence-corrected chi connectivity index (χ2v) is 5.79. The Morgan fingerprint density at radius 2 is 1.83 bits per heavy atom. The van der Waals surface area contributed by atoms with Crippen molar-refractivity contribution >= 4 is 24.8 Å². The Morgan fingerprint density at radius 1 is 1.12 bits per heavy atom. The fraction of sp³-hybridized carbons (Fsp3) is 0.500. The molecule has 0 amide bonds. The molecule has 1 aromatic carbocycles. The number of likely N-dealkylation sites (N-methyl/N-ethyl adjacent to an activating group) is 1. The van der Waals surface area contributed by atoms with Gasteiger partial charge in [0, 0.05) is 45.8 Å². The minimum atomic E-state index is 0. The van der Waals surface area contributed by atoms with Crippen LogP contribution in [0.1, 0.15) is 5.69 Å². The van der Waals surface area contributed by atoms with Gasteiger partial charge in [0.25, 0.3) is 0 Å². The Hall–Kier alpha value is -1.18. The summed E-state index contributed by atoms with van der Waals surface area (Å²) in [6.45, 7) is 7.52. The lowest BCUT2D eigenvalue weighted by Gasteiger charge is -2.28. The van der Waals surface area contributed by atoms with Gasteiger partial charge in [-0.2, -0.15) is 15.0 Å². The smallest absolute Gasteiger partial charge is 0.0971 e. The first kappa shape index (κ1) is 20.9. The van der Waals surface area contributed by atoms with Gasteiger partial charge in [0.2, 0.25) is 0 Å². The highest BCUT2D eigenvalue weighted by atomic mass is 35.5. The van der Waals surface area contributed by atoms with Crippen LogP contribution in [-0.4, -0.2) is 71.1 Å². The van der Waals surface area contributed by atoms with Crippen LogP contribution in [0.15, 0.2) is 36.5 Å². The zero-order chi connectivity index (χ0) is 15.2. The molecule has 8 heteroatoms. The summed E-state index contributed by atoms with van der Waals surface area (Å²) in [6, 6.07) is 10.0. The molecular formula is C16H26Cl2N6. The predicted molar refractivity (Wildman–Crippen MR) is 101 cm³/mol. The third-order valence-corrected chi connectivity index (χ3v) is 3.97. The normalized spacial score (nSPS) is 14.9. The Bertz CT molecular complexity index is 571. The van der Waals surface area contributed by atoms with Crippen molar-refractivity contribution in [1.82, 2.24) is 30.1 Å². The van der Waals surface area contributed by atoms with Crippen LogP contribution >= 0.6 is 24.8 Å². The van der Waals surface area contributed by atoms with Crippen LogP contribution in [0.4, 0.5) is 0 Å². The summed E-state index contributed by atoms with van der Waals surface area (Å²) in [5, 5.41) is 12.3. The van der Waals surface area contributed by atoms with Crippen molar-refractivity contribution in [2.24, 2.45) is 0 Å². The molecule has 0 saturated carbocycles. The fourth-order valence-corrected chi connectivity index (χ4v) is 2.66. The van der Waals surface area contributed by atoms with E-state index >= 15 is 0 Å². The van der Waals surface area contributed by atoms with E-state index < -0.39 is 0 Å². The van der Waals surface area contributed by atoms with E-state index in [4.69, 9.17) is 0 Å². The van der Waals surface area contributed by atoms with Crippen molar-refractivity contribution in [2.45, 2.75) is 6.54 Å². The number of aromatic nitrogens is 3. The molecule has 6 nitrogen and oxygen atoms in total. The summed E-state index contributed by atoms with van der Waals surface area (Å²) in [5.41, 5.74) is 2.00. The van der Waals surface area contributed by atoms with Crippen LogP contribution in [0.25, 0.3) is 5.69 Å². The standard InChI is InChI=1S/C16H24N6.2ClH/c1-20(11-12-21-9-7-17-8-10-21)14-15-13-18-22(19-15)16-5-3-2-4-6-16;;/h2-6,13,17H,7-12,14H2,1H3;2*1H. The lowest BCUT2D eigenvalue weighted by atomic mass is 10.3. The van der Waals surface area contributed by atoms with Crippen molar-refractivity contribution in [3.05, 3.63) is 42.2 Å². The summed E-state index contributed by atoms with van der Waals surface area (Å²) in [5.74, 6) is 0. The molecular weight excluding hydrogens is 347 g/mol. The van der Waals surface area contributed by atoms with E-state index in [2.05, 4.69) is 32.4 Å². The zero-order valence-electron chi connectivity index (χ0n) is 14.0. The van der Waals surface area contributed by atoms with Crippen molar-refractivity contribution in [2.75, 3.05) is 46.3 Å². The number of nitrogens with one attached hydrogen (secondary N) is 1. The van der Waals surface area contributed by atoms with Crippen molar-refractivity contribution in [3.63, 3.8) is 0 Å². The second kappa shape index (κ2) is 10.6. The SMILES string of the molecule is CN(CCN1CCNCC1)Cc1cnn(-c2ccccc2)n1.Cl.Cl. The highest BCUT2D eigenvalue weighted by Gasteiger charge is 2.11. The molecule has 0 spiro atoms. The minimum absolute atomic E-state index is 0. The number of piperazine rings is 1. The number of rotatable bonds is 6. The molecule has 1 aliphatic heterocycles. The minimum Gasteiger partial charge on any atom is -0.314 e. The van der Waals surface area contributed by atoms with Crippen molar-refractivity contribution in [1.29, 1.82) is 0 Å². The summed E-state index contributed by atoms with van der Waals surface area (Å²) in [4.78, 5) is 6.51. The van der Waals surface area contributed by atoms with E-state index in [-0.39, 0.29) is 24.8 Å². The van der Waals surface area contributed by atoms with E-state index in [9.17, 15) is 0 Å². The van der Waals surface area contributed by atoms with Crippen LogP contribution in [0.3, 0.4) is 0 Å². The van der Waals surface area contributed by atoms with E-state index in [1.165, 1.54) is 0 Å². The fourth-order valence-electron chi connectivity index (χ4n) is 2.66. The molecule has 1 fully saturated rings. The first-order valence-corrected chi connectivity index (χ1v) is 7.89. The summed E-state index contributed by atoms with van der Waals surface area (Å²) >= 11 is 0. The van der Waals surface area contributed by atoms with Crippen LogP contribution in [0.2, 0.25) is 0 Å². The third kappa shape index (κ3) is 6.03. The van der Waals surface area contributed by atoms with Gasteiger partial charge in [-0.15, -0.1) is 24.8 Å². The number of benzene rings is 1. The van der Waals surface area contributed by atoms with Crippen LogP contribution < -0.4 is 5.32 Å².